The molecule has 0 heterocycles. The van der Waals surface area contributed by atoms with Gasteiger partial charge in [0.2, 0.25) is 0 Å². The van der Waals surface area contributed by atoms with Gasteiger partial charge in [-0.3, -0.25) is 9.18 Å². The molecular weight excluding hydrogens is 147 g/mol. The molecule has 0 saturated carbocycles. The minimum Gasteiger partial charge on any atom is -0.382 e. The molecule has 1 N–H and O–H groups in total. The predicted molar refractivity (Wildman–Crippen MR) is 41.1 cm³/mol. The molecule has 0 aliphatic rings. The first kappa shape index (κ1) is 10.6. The summed E-state index contributed by atoms with van der Waals surface area (Å²) in [7, 11) is 0. The fraction of sp³-hybridized carbons (Fsp3) is 0.875. The number of rotatable bonds is 3. The molecule has 0 bridgehead atoms. The lowest BCUT2D eigenvalue weighted by molar-refractivity contribution is -0.147. The summed E-state index contributed by atoms with van der Waals surface area (Å²) in [6, 6.07) is 0. The molecule has 0 rings (SSSR count). The van der Waals surface area contributed by atoms with Gasteiger partial charge < -0.3 is 5.11 Å². The first-order valence-corrected chi connectivity index (χ1v) is 3.55. The molecule has 0 amide bonds. The van der Waals surface area contributed by atoms with Gasteiger partial charge in [0, 0.05) is 5.41 Å². The Balaban J connectivity index is 4.67. The molecular formula is C8H15FO2. The summed E-state index contributed by atoms with van der Waals surface area (Å²) >= 11 is 0. The number of carbonyl (C=O) groups excluding carboxylic acids is 1. The summed E-state index contributed by atoms with van der Waals surface area (Å²) in [5.41, 5.74) is -2.57. The van der Waals surface area contributed by atoms with Gasteiger partial charge in [-0.2, -0.15) is 0 Å². The van der Waals surface area contributed by atoms with Crippen LogP contribution in [0.2, 0.25) is 0 Å². The quantitative estimate of drug-likeness (QED) is 0.679. The molecule has 0 spiro atoms. The summed E-state index contributed by atoms with van der Waals surface area (Å²) in [5.74, 6) is -0.403. The second-order valence-corrected chi connectivity index (χ2v) is 3.65. The topological polar surface area (TPSA) is 37.3 Å². The molecule has 3 heteroatoms. The van der Waals surface area contributed by atoms with Crippen molar-refractivity contribution in [3.05, 3.63) is 0 Å². The highest BCUT2D eigenvalue weighted by Crippen LogP contribution is 2.31. The highest BCUT2D eigenvalue weighted by atomic mass is 19.1. The van der Waals surface area contributed by atoms with Gasteiger partial charge in [0.1, 0.15) is 5.60 Å². The van der Waals surface area contributed by atoms with E-state index in [0.717, 1.165) is 0 Å². The van der Waals surface area contributed by atoms with Crippen LogP contribution in [0, 0.1) is 5.41 Å². The molecule has 66 valence electrons. The maximum absolute atomic E-state index is 12.3. The van der Waals surface area contributed by atoms with Crippen molar-refractivity contribution in [2.45, 2.75) is 33.3 Å². The molecule has 0 aliphatic carbocycles. The third-order valence-electron chi connectivity index (χ3n) is 2.34. The molecule has 0 aromatic carbocycles. The summed E-state index contributed by atoms with van der Waals surface area (Å²) in [4.78, 5) is 10.9. The van der Waals surface area contributed by atoms with Crippen LogP contribution in [-0.2, 0) is 4.79 Å². The molecule has 1 atom stereocenters. The lowest BCUT2D eigenvalue weighted by Crippen LogP contribution is -2.48. The van der Waals surface area contributed by atoms with Crippen molar-refractivity contribution < 1.29 is 14.3 Å². The third-order valence-corrected chi connectivity index (χ3v) is 2.34. The van der Waals surface area contributed by atoms with Gasteiger partial charge in [-0.15, -0.1) is 0 Å². The monoisotopic (exact) mass is 162 g/mol. The van der Waals surface area contributed by atoms with Crippen LogP contribution in [0.3, 0.4) is 0 Å². The fourth-order valence-electron chi connectivity index (χ4n) is 0.607. The van der Waals surface area contributed by atoms with E-state index in [1.807, 2.05) is 0 Å². The number of alkyl halides is 1. The van der Waals surface area contributed by atoms with Crippen molar-refractivity contribution in [1.82, 2.24) is 0 Å². The molecule has 0 saturated heterocycles. The van der Waals surface area contributed by atoms with Crippen LogP contribution in [0.15, 0.2) is 0 Å². The number of carbonyl (C=O) groups is 1. The van der Waals surface area contributed by atoms with Crippen LogP contribution in [0.25, 0.3) is 0 Å². The maximum atomic E-state index is 12.3. The van der Waals surface area contributed by atoms with Gasteiger partial charge in [0.15, 0.2) is 5.78 Å². The van der Waals surface area contributed by atoms with Gasteiger partial charge >= 0.3 is 0 Å². The van der Waals surface area contributed by atoms with E-state index in [1.165, 1.54) is 27.7 Å². The summed E-state index contributed by atoms with van der Waals surface area (Å²) in [6.45, 7) is 4.94. The normalized spacial score (nSPS) is 17.6. The molecule has 1 unspecified atom stereocenters. The Bertz CT molecular complexity index is 161. The highest BCUT2D eigenvalue weighted by molar-refractivity contribution is 5.85. The van der Waals surface area contributed by atoms with E-state index in [9.17, 15) is 14.3 Å². The van der Waals surface area contributed by atoms with Gasteiger partial charge in [0.05, 0.1) is 6.67 Å². The van der Waals surface area contributed by atoms with Crippen LogP contribution >= 0.6 is 0 Å². The largest absolute Gasteiger partial charge is 0.382 e. The standard InChI is InChI=1S/C8H15FO2/c1-6(10)8(4,11)7(2,3)5-9/h11H,5H2,1-4H3. The number of aliphatic hydroxyl groups is 1. The van der Waals surface area contributed by atoms with Crippen molar-refractivity contribution in [3.63, 3.8) is 0 Å². The Morgan fingerprint density at radius 1 is 1.45 bits per heavy atom. The van der Waals surface area contributed by atoms with Crippen molar-refractivity contribution in [3.8, 4) is 0 Å². The van der Waals surface area contributed by atoms with E-state index in [1.54, 1.807) is 0 Å². The third kappa shape index (κ3) is 1.77. The van der Waals surface area contributed by atoms with E-state index < -0.39 is 23.5 Å². The van der Waals surface area contributed by atoms with Crippen molar-refractivity contribution in [2.24, 2.45) is 5.41 Å². The second-order valence-electron chi connectivity index (χ2n) is 3.65. The molecule has 0 aromatic rings. The Labute approximate surface area is 66.4 Å². The molecule has 0 aromatic heterocycles. The van der Waals surface area contributed by atoms with Crippen LogP contribution in [0.4, 0.5) is 4.39 Å². The minimum atomic E-state index is -1.57. The smallest absolute Gasteiger partial charge is 0.161 e. The second kappa shape index (κ2) is 2.89. The molecule has 2 nitrogen and oxygen atoms in total. The molecule has 0 aliphatic heterocycles. The van der Waals surface area contributed by atoms with Gasteiger partial charge in [-0.05, 0) is 13.8 Å². The Morgan fingerprint density at radius 2 is 1.82 bits per heavy atom. The lowest BCUT2D eigenvalue weighted by Gasteiger charge is -2.35. The number of halogens is 1. The zero-order chi connectivity index (χ0) is 9.28. The van der Waals surface area contributed by atoms with Gasteiger partial charge in [0.25, 0.3) is 0 Å². The van der Waals surface area contributed by atoms with E-state index in [-0.39, 0.29) is 0 Å². The van der Waals surface area contributed by atoms with Crippen LogP contribution in [0.1, 0.15) is 27.7 Å². The molecule has 0 radical (unpaired) electrons. The zero-order valence-corrected chi connectivity index (χ0v) is 7.44. The maximum Gasteiger partial charge on any atom is 0.161 e. The van der Waals surface area contributed by atoms with Gasteiger partial charge in [-0.25, -0.2) is 0 Å². The van der Waals surface area contributed by atoms with E-state index in [4.69, 9.17) is 0 Å². The molecule has 0 fully saturated rings. The highest BCUT2D eigenvalue weighted by Gasteiger charge is 2.43. The summed E-state index contributed by atoms with van der Waals surface area (Å²) < 4.78 is 12.3. The fourth-order valence-corrected chi connectivity index (χ4v) is 0.607. The number of Topliss-reactive ketones (excluding diaryl/α,β-unsaturated/α-hetero) is 1. The van der Waals surface area contributed by atoms with Crippen LogP contribution in [-0.4, -0.2) is 23.2 Å². The first-order valence-electron chi connectivity index (χ1n) is 3.55. The summed E-state index contributed by atoms with van der Waals surface area (Å²) in [6.07, 6.45) is 0. The lowest BCUT2D eigenvalue weighted by atomic mass is 9.75. The van der Waals surface area contributed by atoms with E-state index in [0.29, 0.717) is 0 Å². The average Bonchev–Trinajstić information content (AvgIpc) is 1.87. The van der Waals surface area contributed by atoms with Crippen LogP contribution in [0.5, 0.6) is 0 Å². The van der Waals surface area contributed by atoms with Crippen LogP contribution < -0.4 is 0 Å². The first-order chi connectivity index (χ1) is 4.75. The Hall–Kier alpha value is -0.440. The van der Waals surface area contributed by atoms with Crippen molar-refractivity contribution in [1.29, 1.82) is 0 Å². The van der Waals surface area contributed by atoms with Crippen molar-refractivity contribution in [2.75, 3.05) is 6.67 Å². The zero-order valence-electron chi connectivity index (χ0n) is 7.44. The van der Waals surface area contributed by atoms with Gasteiger partial charge in [-0.1, -0.05) is 13.8 Å². The Kier molecular flexibility index (Phi) is 2.78. The average molecular weight is 162 g/mol. The number of hydrogen-bond donors (Lipinski definition) is 1. The number of hydrogen-bond acceptors (Lipinski definition) is 2. The predicted octanol–water partition coefficient (Wildman–Crippen LogP) is 1.32. The van der Waals surface area contributed by atoms with E-state index >= 15 is 0 Å². The SMILES string of the molecule is CC(=O)C(C)(O)C(C)(C)CF. The van der Waals surface area contributed by atoms with Crippen molar-refractivity contribution >= 4 is 5.78 Å². The number of ketones is 1. The molecule has 11 heavy (non-hydrogen) atoms. The minimum absolute atomic E-state index is 0.403. The van der Waals surface area contributed by atoms with E-state index in [2.05, 4.69) is 0 Å². The Morgan fingerprint density at radius 3 is 1.91 bits per heavy atom. The summed E-state index contributed by atoms with van der Waals surface area (Å²) in [5, 5.41) is 9.53.